The summed E-state index contributed by atoms with van der Waals surface area (Å²) in [7, 11) is 0. The number of hydrogen-bond acceptors (Lipinski definition) is 2. The molecule has 0 bridgehead atoms. The van der Waals surface area contributed by atoms with Crippen LogP contribution in [0.5, 0.6) is 5.88 Å². The summed E-state index contributed by atoms with van der Waals surface area (Å²) in [5.74, 6) is 0.768. The number of aromatic hydroxyl groups is 1. The molecule has 0 saturated heterocycles. The monoisotopic (exact) mass is 286 g/mol. The summed E-state index contributed by atoms with van der Waals surface area (Å²) < 4.78 is 1.74. The van der Waals surface area contributed by atoms with Crippen LogP contribution in [0.25, 0.3) is 11.3 Å². The van der Waals surface area contributed by atoms with Gasteiger partial charge in [-0.15, -0.1) is 0 Å². The lowest BCUT2D eigenvalue weighted by Gasteiger charge is -2.20. The van der Waals surface area contributed by atoms with Gasteiger partial charge in [-0.25, -0.2) is 4.68 Å². The van der Waals surface area contributed by atoms with Crippen LogP contribution in [0.3, 0.4) is 0 Å². The van der Waals surface area contributed by atoms with E-state index in [-0.39, 0.29) is 5.54 Å². The van der Waals surface area contributed by atoms with Crippen LogP contribution in [0.2, 0.25) is 0 Å². The Balaban J connectivity index is 2.63. The summed E-state index contributed by atoms with van der Waals surface area (Å²) in [5.41, 5.74) is 3.89. The van der Waals surface area contributed by atoms with Gasteiger partial charge in [-0.2, -0.15) is 5.10 Å². The van der Waals surface area contributed by atoms with Crippen molar-refractivity contribution < 1.29 is 5.11 Å². The molecule has 3 nitrogen and oxygen atoms in total. The molecule has 0 fully saturated rings. The number of hydrogen-bond donors (Lipinski definition) is 1. The van der Waals surface area contributed by atoms with Crippen LogP contribution in [-0.2, 0) is 12.0 Å². The van der Waals surface area contributed by atoms with Crippen molar-refractivity contribution in [1.82, 2.24) is 9.78 Å². The maximum atomic E-state index is 10.6. The van der Waals surface area contributed by atoms with Crippen LogP contribution >= 0.6 is 0 Å². The highest BCUT2D eigenvalue weighted by atomic mass is 16.3. The average Bonchev–Trinajstić information content (AvgIpc) is 2.66. The van der Waals surface area contributed by atoms with Crippen molar-refractivity contribution in [3.05, 3.63) is 35.4 Å². The lowest BCUT2D eigenvalue weighted by Crippen LogP contribution is -2.22. The van der Waals surface area contributed by atoms with Crippen molar-refractivity contribution in [3.8, 4) is 17.1 Å². The van der Waals surface area contributed by atoms with Gasteiger partial charge in [0.1, 0.15) is 0 Å². The molecule has 0 aliphatic carbocycles. The van der Waals surface area contributed by atoms with Gasteiger partial charge in [-0.3, -0.25) is 0 Å². The second-order valence-corrected chi connectivity index (χ2v) is 7.20. The van der Waals surface area contributed by atoms with Crippen molar-refractivity contribution in [3.63, 3.8) is 0 Å². The summed E-state index contributed by atoms with van der Waals surface area (Å²) in [6.45, 7) is 12.6. The third kappa shape index (κ3) is 3.29. The molecule has 2 aromatic rings. The molecular formula is C18H26N2O. The van der Waals surface area contributed by atoms with E-state index in [1.807, 2.05) is 6.07 Å². The molecule has 1 heterocycles. The molecule has 1 N–H and O–H groups in total. The van der Waals surface area contributed by atoms with Gasteiger partial charge in [0.25, 0.3) is 0 Å². The van der Waals surface area contributed by atoms with Gasteiger partial charge in [-0.05, 0) is 46.1 Å². The zero-order valence-corrected chi connectivity index (χ0v) is 13.9. The van der Waals surface area contributed by atoms with Crippen LogP contribution in [0, 0.1) is 12.8 Å². The lowest BCUT2D eigenvalue weighted by atomic mass is 9.98. The minimum atomic E-state index is -0.238. The smallest absolute Gasteiger partial charge is 0.213 e. The molecule has 1 aromatic heterocycles. The van der Waals surface area contributed by atoms with Crippen molar-refractivity contribution in [2.75, 3.05) is 0 Å². The molecule has 0 amide bonds. The molecule has 1 aromatic carbocycles. The van der Waals surface area contributed by atoms with E-state index in [1.165, 1.54) is 5.56 Å². The van der Waals surface area contributed by atoms with Gasteiger partial charge < -0.3 is 5.11 Å². The molecule has 0 aliphatic rings. The molecule has 0 radical (unpaired) electrons. The van der Waals surface area contributed by atoms with Crippen molar-refractivity contribution in [2.45, 2.75) is 53.5 Å². The Morgan fingerprint density at radius 2 is 1.90 bits per heavy atom. The molecule has 0 aliphatic heterocycles. The van der Waals surface area contributed by atoms with Crippen LogP contribution < -0.4 is 0 Å². The summed E-state index contributed by atoms with van der Waals surface area (Å²) in [4.78, 5) is 0. The van der Waals surface area contributed by atoms with E-state index in [4.69, 9.17) is 5.10 Å². The van der Waals surface area contributed by atoms with Crippen LogP contribution in [0.1, 0.15) is 45.7 Å². The first-order chi connectivity index (χ1) is 9.70. The Morgan fingerprint density at radius 3 is 2.43 bits per heavy atom. The van der Waals surface area contributed by atoms with Gasteiger partial charge in [0, 0.05) is 11.1 Å². The first-order valence-corrected chi connectivity index (χ1v) is 7.58. The number of benzene rings is 1. The molecule has 0 unspecified atom stereocenters. The molecule has 114 valence electrons. The Bertz CT molecular complexity index is 633. The first kappa shape index (κ1) is 15.6. The normalized spacial score (nSPS) is 12.1. The van der Waals surface area contributed by atoms with E-state index in [2.05, 4.69) is 59.7 Å². The number of rotatable bonds is 3. The number of aryl methyl sites for hydroxylation is 1. The highest BCUT2D eigenvalue weighted by Gasteiger charge is 2.25. The molecule has 0 atom stereocenters. The molecule has 21 heavy (non-hydrogen) atoms. The third-order valence-electron chi connectivity index (χ3n) is 3.50. The number of aromatic nitrogens is 2. The third-order valence-corrected chi connectivity index (χ3v) is 3.50. The Hall–Kier alpha value is -1.77. The van der Waals surface area contributed by atoms with Crippen LogP contribution in [0.15, 0.2) is 24.3 Å². The lowest BCUT2D eigenvalue weighted by molar-refractivity contribution is 0.293. The Morgan fingerprint density at radius 1 is 1.24 bits per heavy atom. The predicted octanol–water partition coefficient (Wildman–Crippen LogP) is 4.52. The fraction of sp³-hybridized carbons (Fsp3) is 0.500. The number of nitrogens with zero attached hydrogens (tertiary/aromatic N) is 2. The fourth-order valence-corrected chi connectivity index (χ4v) is 2.53. The van der Waals surface area contributed by atoms with Gasteiger partial charge in [-0.1, -0.05) is 37.6 Å². The Labute approximate surface area is 127 Å². The Kier molecular flexibility index (Phi) is 4.13. The van der Waals surface area contributed by atoms with E-state index in [9.17, 15) is 5.11 Å². The average molecular weight is 286 g/mol. The minimum Gasteiger partial charge on any atom is -0.493 e. The van der Waals surface area contributed by atoms with Gasteiger partial charge in [0.15, 0.2) is 0 Å². The van der Waals surface area contributed by atoms with E-state index in [1.54, 1.807) is 4.68 Å². The maximum Gasteiger partial charge on any atom is 0.213 e. The zero-order valence-electron chi connectivity index (χ0n) is 13.9. The van der Waals surface area contributed by atoms with E-state index >= 15 is 0 Å². The van der Waals surface area contributed by atoms with Gasteiger partial charge in [0.05, 0.1) is 11.2 Å². The highest BCUT2D eigenvalue weighted by molar-refractivity contribution is 5.66. The SMILES string of the molecule is Cc1cccc(-c2nn(C(C)(C)C)c(O)c2CC(C)C)c1. The second kappa shape index (κ2) is 5.55. The zero-order chi connectivity index (χ0) is 15.8. The second-order valence-electron chi connectivity index (χ2n) is 7.20. The molecule has 0 spiro atoms. The van der Waals surface area contributed by atoms with Crippen LogP contribution in [-0.4, -0.2) is 14.9 Å². The fourth-order valence-electron chi connectivity index (χ4n) is 2.53. The molecule has 2 rings (SSSR count). The summed E-state index contributed by atoms with van der Waals surface area (Å²) >= 11 is 0. The molecule has 0 saturated carbocycles. The summed E-state index contributed by atoms with van der Waals surface area (Å²) in [5, 5.41) is 15.3. The van der Waals surface area contributed by atoms with Crippen molar-refractivity contribution in [1.29, 1.82) is 0 Å². The highest BCUT2D eigenvalue weighted by Crippen LogP contribution is 2.35. The van der Waals surface area contributed by atoms with Gasteiger partial charge in [0.2, 0.25) is 5.88 Å². The van der Waals surface area contributed by atoms with Crippen molar-refractivity contribution in [2.24, 2.45) is 5.92 Å². The minimum absolute atomic E-state index is 0.238. The quantitative estimate of drug-likeness (QED) is 0.901. The van der Waals surface area contributed by atoms with Gasteiger partial charge >= 0.3 is 0 Å². The molecule has 3 heteroatoms. The first-order valence-electron chi connectivity index (χ1n) is 7.58. The molecular weight excluding hydrogens is 260 g/mol. The van der Waals surface area contributed by atoms with E-state index in [0.29, 0.717) is 11.8 Å². The summed E-state index contributed by atoms with van der Waals surface area (Å²) in [6.07, 6.45) is 0.825. The maximum absolute atomic E-state index is 10.6. The van der Waals surface area contributed by atoms with E-state index < -0.39 is 0 Å². The van der Waals surface area contributed by atoms with Crippen LogP contribution in [0.4, 0.5) is 0 Å². The standard InChI is InChI=1S/C18H26N2O/c1-12(2)10-15-16(14-9-7-8-13(3)11-14)19-20(17(15)21)18(4,5)6/h7-9,11-12,21H,10H2,1-6H3. The predicted molar refractivity (Wildman–Crippen MR) is 87.6 cm³/mol. The van der Waals surface area contributed by atoms with E-state index in [0.717, 1.165) is 23.2 Å². The van der Waals surface area contributed by atoms with Crippen molar-refractivity contribution >= 4 is 0 Å². The summed E-state index contributed by atoms with van der Waals surface area (Å²) in [6, 6.07) is 8.30. The topological polar surface area (TPSA) is 38.0 Å². The largest absolute Gasteiger partial charge is 0.493 e.